The molecule has 2 heterocycles. The lowest BCUT2D eigenvalue weighted by Gasteiger charge is -2.22. The van der Waals surface area contributed by atoms with Gasteiger partial charge in [-0.05, 0) is 29.7 Å². The first-order valence-corrected chi connectivity index (χ1v) is 6.83. The smallest absolute Gasteiger partial charge is 0.253 e. The quantitative estimate of drug-likeness (QED) is 0.624. The molecule has 1 aromatic heterocycles. The molecule has 1 aliphatic heterocycles. The van der Waals surface area contributed by atoms with Crippen molar-refractivity contribution in [2.45, 2.75) is 19.9 Å². The molecule has 3 aromatic rings. The van der Waals surface area contributed by atoms with E-state index in [2.05, 4.69) is 41.4 Å². The molecule has 0 radical (unpaired) electrons. The van der Waals surface area contributed by atoms with Gasteiger partial charge in [0.15, 0.2) is 0 Å². The van der Waals surface area contributed by atoms with E-state index < -0.39 is 0 Å². The van der Waals surface area contributed by atoms with Gasteiger partial charge in [0.25, 0.3) is 5.56 Å². The van der Waals surface area contributed by atoms with Gasteiger partial charge in [-0.3, -0.25) is 9.36 Å². The summed E-state index contributed by atoms with van der Waals surface area (Å²) in [6.45, 7) is 2.58. The van der Waals surface area contributed by atoms with Gasteiger partial charge in [-0.15, -0.1) is 0 Å². The van der Waals surface area contributed by atoms with Gasteiger partial charge in [0.1, 0.15) is 5.82 Å². The van der Waals surface area contributed by atoms with Crippen LogP contribution in [0.3, 0.4) is 0 Å². The molecule has 0 atom stereocenters. The van der Waals surface area contributed by atoms with Crippen molar-refractivity contribution in [3.8, 4) is 11.4 Å². The fraction of sp³-hybridized carbons (Fsp3) is 0.176. The Kier molecular flexibility index (Phi) is 2.30. The SMILES string of the molecule is Cc1cc(=O)n2c(n1)-c1ccc3ccccc3c1CC2. The van der Waals surface area contributed by atoms with Crippen LogP contribution < -0.4 is 5.56 Å². The van der Waals surface area contributed by atoms with Crippen LogP contribution in [0.5, 0.6) is 0 Å². The monoisotopic (exact) mass is 262 g/mol. The number of hydrogen-bond acceptors (Lipinski definition) is 2. The van der Waals surface area contributed by atoms with Gasteiger partial charge >= 0.3 is 0 Å². The number of aromatic nitrogens is 2. The molecule has 1 aliphatic rings. The molecule has 0 fully saturated rings. The van der Waals surface area contributed by atoms with Gasteiger partial charge in [-0.2, -0.15) is 0 Å². The standard InChI is InChI=1S/C17H14N2O/c1-11-10-16(20)19-9-8-14-13-5-3-2-4-12(13)6-7-15(14)17(19)18-11/h2-7,10H,8-9H2,1H3. The summed E-state index contributed by atoms with van der Waals surface area (Å²) in [6, 6.07) is 14.2. The van der Waals surface area contributed by atoms with E-state index in [1.54, 1.807) is 10.6 Å². The van der Waals surface area contributed by atoms with Crippen LogP contribution in [0.25, 0.3) is 22.2 Å². The highest BCUT2D eigenvalue weighted by molar-refractivity contribution is 5.91. The van der Waals surface area contributed by atoms with E-state index in [1.165, 1.54) is 16.3 Å². The fourth-order valence-electron chi connectivity index (χ4n) is 3.08. The van der Waals surface area contributed by atoms with Gasteiger partial charge < -0.3 is 0 Å². The predicted molar refractivity (Wildman–Crippen MR) is 79.9 cm³/mol. The van der Waals surface area contributed by atoms with Crippen molar-refractivity contribution in [3.63, 3.8) is 0 Å². The molecule has 3 heteroatoms. The Labute approximate surface area is 116 Å². The fourth-order valence-corrected chi connectivity index (χ4v) is 3.08. The summed E-state index contributed by atoms with van der Waals surface area (Å²) in [7, 11) is 0. The van der Waals surface area contributed by atoms with E-state index in [0.717, 1.165) is 23.5 Å². The third-order valence-corrected chi connectivity index (χ3v) is 4.00. The Morgan fingerprint density at radius 1 is 1.15 bits per heavy atom. The molecule has 0 bridgehead atoms. The van der Waals surface area contributed by atoms with E-state index in [1.807, 2.05) is 6.92 Å². The highest BCUT2D eigenvalue weighted by atomic mass is 16.1. The van der Waals surface area contributed by atoms with Gasteiger partial charge in [0, 0.05) is 23.9 Å². The lowest BCUT2D eigenvalue weighted by atomic mass is 9.94. The summed E-state index contributed by atoms with van der Waals surface area (Å²) in [5.74, 6) is 0.807. The molecule has 0 N–H and O–H groups in total. The molecular weight excluding hydrogens is 248 g/mol. The minimum Gasteiger partial charge on any atom is -0.292 e. The zero-order valence-electron chi connectivity index (χ0n) is 11.3. The Morgan fingerprint density at radius 3 is 2.90 bits per heavy atom. The van der Waals surface area contributed by atoms with Crippen LogP contribution in [-0.4, -0.2) is 9.55 Å². The third-order valence-electron chi connectivity index (χ3n) is 4.00. The number of nitrogens with zero attached hydrogens (tertiary/aromatic N) is 2. The topological polar surface area (TPSA) is 34.9 Å². The second-order valence-electron chi connectivity index (χ2n) is 5.27. The lowest BCUT2D eigenvalue weighted by Crippen LogP contribution is -2.27. The molecule has 0 spiro atoms. The van der Waals surface area contributed by atoms with Crippen molar-refractivity contribution in [2.75, 3.05) is 0 Å². The lowest BCUT2D eigenvalue weighted by molar-refractivity contribution is 0.644. The predicted octanol–water partition coefficient (Wildman–Crippen LogP) is 2.93. The average Bonchev–Trinajstić information content (AvgIpc) is 2.46. The number of aryl methyl sites for hydroxylation is 2. The molecule has 4 rings (SSSR count). The molecule has 0 saturated heterocycles. The largest absolute Gasteiger partial charge is 0.292 e. The normalized spacial score (nSPS) is 13.1. The molecule has 0 saturated carbocycles. The zero-order chi connectivity index (χ0) is 13.7. The summed E-state index contributed by atoms with van der Waals surface area (Å²) < 4.78 is 1.78. The molecule has 2 aromatic carbocycles. The summed E-state index contributed by atoms with van der Waals surface area (Å²) in [6.07, 6.45) is 0.883. The highest BCUT2D eigenvalue weighted by Crippen LogP contribution is 2.32. The number of rotatable bonds is 0. The van der Waals surface area contributed by atoms with Crippen molar-refractivity contribution in [1.29, 1.82) is 0 Å². The van der Waals surface area contributed by atoms with Crippen molar-refractivity contribution >= 4 is 10.8 Å². The molecule has 98 valence electrons. The van der Waals surface area contributed by atoms with Gasteiger partial charge in [0.05, 0.1) is 0 Å². The minimum atomic E-state index is 0.0475. The molecular formula is C17H14N2O. The van der Waals surface area contributed by atoms with Crippen LogP contribution in [0.1, 0.15) is 11.3 Å². The number of hydrogen-bond donors (Lipinski definition) is 0. The van der Waals surface area contributed by atoms with Crippen LogP contribution in [0.4, 0.5) is 0 Å². The summed E-state index contributed by atoms with van der Waals surface area (Å²) in [4.78, 5) is 16.7. The van der Waals surface area contributed by atoms with E-state index in [-0.39, 0.29) is 5.56 Å². The van der Waals surface area contributed by atoms with Crippen LogP contribution in [0, 0.1) is 6.92 Å². The van der Waals surface area contributed by atoms with E-state index >= 15 is 0 Å². The first kappa shape index (κ1) is 11.4. The van der Waals surface area contributed by atoms with Gasteiger partial charge in [-0.25, -0.2) is 4.98 Å². The zero-order valence-corrected chi connectivity index (χ0v) is 11.3. The maximum absolute atomic E-state index is 12.1. The second-order valence-corrected chi connectivity index (χ2v) is 5.27. The first-order valence-electron chi connectivity index (χ1n) is 6.83. The summed E-state index contributed by atoms with van der Waals surface area (Å²) in [5.41, 5.74) is 3.23. The van der Waals surface area contributed by atoms with Crippen molar-refractivity contribution < 1.29 is 0 Å². The number of benzene rings is 2. The molecule has 0 aliphatic carbocycles. The minimum absolute atomic E-state index is 0.0475. The Bertz CT molecular complexity index is 893. The van der Waals surface area contributed by atoms with Gasteiger partial charge in [0.2, 0.25) is 0 Å². The van der Waals surface area contributed by atoms with Gasteiger partial charge in [-0.1, -0.05) is 36.4 Å². The molecule has 0 amide bonds. The maximum Gasteiger partial charge on any atom is 0.253 e. The molecule has 20 heavy (non-hydrogen) atoms. The molecule has 3 nitrogen and oxygen atoms in total. The summed E-state index contributed by atoms with van der Waals surface area (Å²) in [5, 5.41) is 2.52. The Balaban J connectivity index is 2.11. The van der Waals surface area contributed by atoms with Crippen LogP contribution >= 0.6 is 0 Å². The maximum atomic E-state index is 12.1. The molecule has 0 unspecified atom stereocenters. The average molecular weight is 262 g/mol. The van der Waals surface area contributed by atoms with Crippen molar-refractivity contribution in [1.82, 2.24) is 9.55 Å². The van der Waals surface area contributed by atoms with E-state index in [9.17, 15) is 4.79 Å². The third kappa shape index (κ3) is 1.53. The van der Waals surface area contributed by atoms with E-state index in [4.69, 9.17) is 0 Å². The van der Waals surface area contributed by atoms with Crippen molar-refractivity contribution in [3.05, 3.63) is 64.1 Å². The van der Waals surface area contributed by atoms with E-state index in [0.29, 0.717) is 6.54 Å². The van der Waals surface area contributed by atoms with Crippen molar-refractivity contribution in [2.24, 2.45) is 0 Å². The number of fused-ring (bicyclic) bond motifs is 5. The van der Waals surface area contributed by atoms with Crippen LogP contribution in [0.2, 0.25) is 0 Å². The Morgan fingerprint density at radius 2 is 2.00 bits per heavy atom. The first-order chi connectivity index (χ1) is 9.74. The highest BCUT2D eigenvalue weighted by Gasteiger charge is 2.20. The Hall–Kier alpha value is -2.42. The van der Waals surface area contributed by atoms with Crippen LogP contribution in [-0.2, 0) is 13.0 Å². The second kappa shape index (κ2) is 4.04. The summed E-state index contributed by atoms with van der Waals surface area (Å²) >= 11 is 0. The van der Waals surface area contributed by atoms with Crippen LogP contribution in [0.15, 0.2) is 47.3 Å².